The highest BCUT2D eigenvalue weighted by Crippen LogP contribution is 2.33. The number of sulfone groups is 1. The summed E-state index contributed by atoms with van der Waals surface area (Å²) in [6.07, 6.45) is -2.70. The first-order valence-electron chi connectivity index (χ1n) is 8.71. The van der Waals surface area contributed by atoms with Crippen LogP contribution < -0.4 is 4.74 Å². The van der Waals surface area contributed by atoms with Crippen LogP contribution in [0.2, 0.25) is 0 Å². The van der Waals surface area contributed by atoms with Crippen LogP contribution >= 0.6 is 0 Å². The number of fused-ring (bicyclic) bond motifs is 1. The summed E-state index contributed by atoms with van der Waals surface area (Å²) in [5.74, 6) is -0.321. The average Bonchev–Trinajstić information content (AvgIpc) is 3.02. The molecule has 3 rings (SSSR count). The number of halogens is 3. The van der Waals surface area contributed by atoms with Crippen molar-refractivity contribution in [3.8, 4) is 5.75 Å². The molecule has 156 valence electrons. The number of rotatable bonds is 4. The van der Waals surface area contributed by atoms with Crippen molar-refractivity contribution in [3.63, 3.8) is 0 Å². The Hall–Kier alpha value is -2.62. The van der Waals surface area contributed by atoms with Gasteiger partial charge in [0.2, 0.25) is 0 Å². The van der Waals surface area contributed by atoms with Gasteiger partial charge in [0.1, 0.15) is 11.4 Å². The molecule has 10 heteroatoms. The molecule has 1 aliphatic heterocycles. The predicted molar refractivity (Wildman–Crippen MR) is 98.1 cm³/mol. The van der Waals surface area contributed by atoms with Crippen molar-refractivity contribution >= 4 is 15.7 Å². The lowest BCUT2D eigenvalue weighted by molar-refractivity contribution is -0.141. The van der Waals surface area contributed by atoms with E-state index in [2.05, 4.69) is 4.98 Å². The van der Waals surface area contributed by atoms with Crippen LogP contribution in [0, 0.1) is 0 Å². The Morgan fingerprint density at radius 2 is 1.83 bits per heavy atom. The fourth-order valence-corrected chi connectivity index (χ4v) is 3.66. The Morgan fingerprint density at radius 3 is 2.41 bits per heavy atom. The molecule has 0 saturated carbocycles. The molecule has 0 saturated heterocycles. The van der Waals surface area contributed by atoms with E-state index in [0.717, 1.165) is 18.5 Å². The van der Waals surface area contributed by atoms with E-state index in [4.69, 9.17) is 4.74 Å². The van der Waals surface area contributed by atoms with E-state index in [1.165, 1.54) is 23.1 Å². The molecule has 0 N–H and O–H groups in total. The zero-order chi connectivity index (χ0) is 21.6. The number of ether oxygens (including phenoxy) is 1. The second-order valence-electron chi connectivity index (χ2n) is 7.09. The summed E-state index contributed by atoms with van der Waals surface area (Å²) in [7, 11) is -3.56. The zero-order valence-corrected chi connectivity index (χ0v) is 16.8. The third-order valence-corrected chi connectivity index (χ3v) is 5.47. The number of aromatic nitrogens is 1. The number of alkyl halides is 3. The molecule has 2 aromatic rings. The Labute approximate surface area is 166 Å². The Balaban J connectivity index is 1.95. The maximum absolute atomic E-state index is 13.1. The molecule has 1 amide bonds. The van der Waals surface area contributed by atoms with Crippen LogP contribution in [0.3, 0.4) is 0 Å². The quantitative estimate of drug-likeness (QED) is 0.746. The van der Waals surface area contributed by atoms with E-state index in [-0.39, 0.29) is 35.4 Å². The zero-order valence-electron chi connectivity index (χ0n) is 15.9. The van der Waals surface area contributed by atoms with Crippen LogP contribution in [0.5, 0.6) is 5.75 Å². The Bertz CT molecular complexity index is 1070. The molecule has 2 heterocycles. The standard InChI is InChI=1S/C19H19F3N2O4S/c1-11(2)28-16-5-4-14(29(3,26)27)7-15(16)18(25)24-9-12-6-17(19(20,21)22)23-8-13(12)10-24/h4-8,11H,9-10H2,1-3H3. The van der Waals surface area contributed by atoms with Crippen molar-refractivity contribution in [1.82, 2.24) is 9.88 Å². The highest BCUT2D eigenvalue weighted by atomic mass is 32.2. The van der Waals surface area contributed by atoms with Gasteiger partial charge in [-0.1, -0.05) is 0 Å². The predicted octanol–water partition coefficient (Wildman–Crippen LogP) is 3.45. The van der Waals surface area contributed by atoms with Crippen molar-refractivity contribution in [2.45, 2.75) is 44.1 Å². The molecule has 0 spiro atoms. The van der Waals surface area contributed by atoms with Gasteiger partial charge in [0, 0.05) is 25.5 Å². The van der Waals surface area contributed by atoms with E-state index in [0.29, 0.717) is 11.1 Å². The Morgan fingerprint density at radius 1 is 1.17 bits per heavy atom. The molecule has 1 aliphatic rings. The first kappa shape index (κ1) is 21.1. The molecule has 0 bridgehead atoms. The van der Waals surface area contributed by atoms with E-state index in [1.54, 1.807) is 13.8 Å². The van der Waals surface area contributed by atoms with Gasteiger partial charge in [-0.15, -0.1) is 0 Å². The fourth-order valence-electron chi connectivity index (χ4n) is 3.01. The number of carbonyl (C=O) groups is 1. The summed E-state index contributed by atoms with van der Waals surface area (Å²) in [5.41, 5.74) is -0.116. The second-order valence-corrected chi connectivity index (χ2v) is 9.11. The van der Waals surface area contributed by atoms with Gasteiger partial charge in [-0.2, -0.15) is 13.2 Å². The topological polar surface area (TPSA) is 76.6 Å². The van der Waals surface area contributed by atoms with Crippen LogP contribution in [-0.4, -0.2) is 36.6 Å². The molecule has 0 unspecified atom stereocenters. The van der Waals surface area contributed by atoms with E-state index < -0.39 is 27.6 Å². The van der Waals surface area contributed by atoms with Gasteiger partial charge < -0.3 is 9.64 Å². The number of pyridine rings is 1. The third kappa shape index (κ3) is 4.52. The van der Waals surface area contributed by atoms with Crippen molar-refractivity contribution in [2.75, 3.05) is 6.26 Å². The Kier molecular flexibility index (Phi) is 5.33. The molecular formula is C19H19F3N2O4S. The number of carbonyl (C=O) groups excluding carboxylic acids is 1. The van der Waals surface area contributed by atoms with Crippen molar-refractivity contribution < 1.29 is 31.1 Å². The normalized spacial score (nSPS) is 14.2. The van der Waals surface area contributed by atoms with Crippen LogP contribution in [0.15, 0.2) is 35.4 Å². The first-order chi connectivity index (χ1) is 13.4. The van der Waals surface area contributed by atoms with Crippen molar-refractivity contribution in [2.24, 2.45) is 0 Å². The summed E-state index contributed by atoms with van der Waals surface area (Å²) >= 11 is 0. The molecule has 1 aromatic carbocycles. The summed E-state index contributed by atoms with van der Waals surface area (Å²) < 4.78 is 68.1. The molecule has 0 fully saturated rings. The minimum absolute atomic E-state index is 0.0377. The van der Waals surface area contributed by atoms with Gasteiger partial charge in [-0.25, -0.2) is 8.42 Å². The van der Waals surface area contributed by atoms with Crippen LogP contribution in [-0.2, 0) is 29.1 Å². The van der Waals surface area contributed by atoms with Crippen molar-refractivity contribution in [3.05, 3.63) is 52.8 Å². The molecule has 1 aromatic heterocycles. The number of benzene rings is 1. The van der Waals surface area contributed by atoms with Gasteiger partial charge >= 0.3 is 6.18 Å². The maximum atomic E-state index is 13.1. The average molecular weight is 428 g/mol. The summed E-state index contributed by atoms with van der Waals surface area (Å²) in [6.45, 7) is 3.55. The lowest BCUT2D eigenvalue weighted by Gasteiger charge is -2.20. The van der Waals surface area contributed by atoms with E-state index in [1.807, 2.05) is 0 Å². The van der Waals surface area contributed by atoms with Crippen LogP contribution in [0.1, 0.15) is 41.0 Å². The van der Waals surface area contributed by atoms with E-state index >= 15 is 0 Å². The third-order valence-electron chi connectivity index (χ3n) is 4.36. The number of hydrogen-bond acceptors (Lipinski definition) is 5. The number of nitrogens with zero attached hydrogens (tertiary/aromatic N) is 2. The van der Waals surface area contributed by atoms with Gasteiger partial charge in [-0.05, 0) is 49.2 Å². The summed E-state index contributed by atoms with van der Waals surface area (Å²) in [4.78, 5) is 17.8. The van der Waals surface area contributed by atoms with Gasteiger partial charge in [0.25, 0.3) is 5.91 Å². The van der Waals surface area contributed by atoms with Gasteiger partial charge in [0.05, 0.1) is 16.6 Å². The molecule has 29 heavy (non-hydrogen) atoms. The SMILES string of the molecule is CC(C)Oc1ccc(S(C)(=O)=O)cc1C(=O)N1Cc2cnc(C(F)(F)F)cc2C1. The lowest BCUT2D eigenvalue weighted by Crippen LogP contribution is -2.26. The monoisotopic (exact) mass is 428 g/mol. The molecule has 0 radical (unpaired) electrons. The summed E-state index contributed by atoms with van der Waals surface area (Å²) in [6, 6.07) is 4.93. The largest absolute Gasteiger partial charge is 0.490 e. The first-order valence-corrected chi connectivity index (χ1v) is 10.6. The number of amides is 1. The minimum Gasteiger partial charge on any atom is -0.490 e. The van der Waals surface area contributed by atoms with Crippen LogP contribution in [0.25, 0.3) is 0 Å². The van der Waals surface area contributed by atoms with Crippen molar-refractivity contribution in [1.29, 1.82) is 0 Å². The van der Waals surface area contributed by atoms with Crippen LogP contribution in [0.4, 0.5) is 13.2 Å². The van der Waals surface area contributed by atoms with E-state index in [9.17, 15) is 26.4 Å². The second kappa shape index (κ2) is 7.33. The molecule has 6 nitrogen and oxygen atoms in total. The van der Waals surface area contributed by atoms with Gasteiger partial charge in [-0.3, -0.25) is 9.78 Å². The molecule has 0 atom stereocenters. The minimum atomic E-state index is -4.57. The molecular weight excluding hydrogens is 409 g/mol. The molecule has 0 aliphatic carbocycles. The maximum Gasteiger partial charge on any atom is 0.433 e. The number of hydrogen-bond donors (Lipinski definition) is 0. The highest BCUT2D eigenvalue weighted by molar-refractivity contribution is 7.90. The summed E-state index contributed by atoms with van der Waals surface area (Å²) in [5, 5.41) is 0. The smallest absolute Gasteiger partial charge is 0.433 e. The van der Waals surface area contributed by atoms with Gasteiger partial charge in [0.15, 0.2) is 9.84 Å². The highest BCUT2D eigenvalue weighted by Gasteiger charge is 2.35. The fraction of sp³-hybridized carbons (Fsp3) is 0.368. The lowest BCUT2D eigenvalue weighted by atomic mass is 10.1.